The number of hydrogen-bond donors (Lipinski definition) is 4. The first-order chi connectivity index (χ1) is 19.3. The van der Waals surface area contributed by atoms with Crippen molar-refractivity contribution in [2.24, 2.45) is 35.3 Å². The zero-order chi connectivity index (χ0) is 30.0. The minimum atomic E-state index is -2.73. The van der Waals surface area contributed by atoms with Crippen LogP contribution in [-0.2, 0) is 36.9 Å². The van der Waals surface area contributed by atoms with Gasteiger partial charge in [-0.1, -0.05) is 0 Å². The Morgan fingerprint density at radius 3 is 2.46 bits per heavy atom. The molecule has 12 heteroatoms. The molecule has 41 heavy (non-hydrogen) atoms. The van der Waals surface area contributed by atoms with Crippen LogP contribution in [0.25, 0.3) is 0 Å². The standard InChI is InChI=1S/C29H38N4O8/c1-32(2)22-15(11-31-10-13-5-6-41-12-13)9-18(34)20-16(22)7-14-8-17-23(33(3)4)25(36)21(28(30)39)27(38)29(17,40)26(37)19(14)24(20)35/h9,13-14,17,19,21,23,31,34,40H,5-8,10-12H2,1-4H3,(H2,30,39)/t13?,14-,17-,19?,21?,23-,29-/m0/s1. The summed E-state index contributed by atoms with van der Waals surface area (Å²) in [6.07, 6.45) is 1.21. The van der Waals surface area contributed by atoms with Crippen LogP contribution >= 0.6 is 0 Å². The molecule has 1 aromatic rings. The normalized spacial score (nSPS) is 33.0. The van der Waals surface area contributed by atoms with Crippen molar-refractivity contribution in [1.29, 1.82) is 0 Å². The van der Waals surface area contributed by atoms with E-state index in [9.17, 15) is 34.2 Å². The maximum atomic E-state index is 14.0. The Morgan fingerprint density at radius 2 is 1.88 bits per heavy atom. The third kappa shape index (κ3) is 4.48. The lowest BCUT2D eigenvalue weighted by Gasteiger charge is -2.52. The first-order valence-corrected chi connectivity index (χ1v) is 14.0. The van der Waals surface area contributed by atoms with Gasteiger partial charge in [0.05, 0.1) is 24.1 Å². The number of anilines is 1. The van der Waals surface area contributed by atoms with Crippen molar-refractivity contribution in [3.63, 3.8) is 0 Å². The van der Waals surface area contributed by atoms with Gasteiger partial charge in [-0.05, 0) is 62.4 Å². The smallest absolute Gasteiger partial charge is 0.235 e. The van der Waals surface area contributed by atoms with Crippen LogP contribution in [0, 0.1) is 29.6 Å². The van der Waals surface area contributed by atoms with Crippen molar-refractivity contribution in [1.82, 2.24) is 10.2 Å². The lowest BCUT2D eigenvalue weighted by molar-refractivity contribution is -0.181. The molecule has 1 amide bonds. The van der Waals surface area contributed by atoms with Gasteiger partial charge in [0.2, 0.25) is 5.91 Å². The predicted molar refractivity (Wildman–Crippen MR) is 146 cm³/mol. The van der Waals surface area contributed by atoms with E-state index >= 15 is 0 Å². The van der Waals surface area contributed by atoms with Gasteiger partial charge in [-0.25, -0.2) is 0 Å². The van der Waals surface area contributed by atoms with Gasteiger partial charge in [0, 0.05) is 45.4 Å². The summed E-state index contributed by atoms with van der Waals surface area (Å²) >= 11 is 0. The molecule has 0 radical (unpaired) electrons. The summed E-state index contributed by atoms with van der Waals surface area (Å²) in [5.41, 5.74) is 4.76. The summed E-state index contributed by atoms with van der Waals surface area (Å²) in [4.78, 5) is 70.1. The average Bonchev–Trinajstić information content (AvgIpc) is 3.39. The van der Waals surface area contributed by atoms with Gasteiger partial charge in [0.1, 0.15) is 5.75 Å². The van der Waals surface area contributed by atoms with E-state index in [0.717, 1.165) is 30.8 Å². The number of ketones is 4. The molecule has 3 aliphatic carbocycles. The molecule has 222 valence electrons. The van der Waals surface area contributed by atoms with Crippen LogP contribution in [0.2, 0.25) is 0 Å². The second-order valence-electron chi connectivity index (χ2n) is 12.3. The molecule has 5 rings (SSSR count). The Kier molecular flexibility index (Phi) is 7.56. The molecule has 4 aliphatic rings. The zero-order valence-electron chi connectivity index (χ0n) is 23.8. The number of carbonyl (C=O) groups is 5. The number of amides is 1. The molecular formula is C29H38N4O8. The van der Waals surface area contributed by atoms with Crippen molar-refractivity contribution < 1.29 is 38.9 Å². The summed E-state index contributed by atoms with van der Waals surface area (Å²) < 4.78 is 5.44. The molecule has 7 atom stereocenters. The van der Waals surface area contributed by atoms with Gasteiger partial charge in [-0.15, -0.1) is 0 Å². The third-order valence-electron chi connectivity index (χ3n) is 9.33. The first kappa shape index (κ1) is 29.3. The number of primary amides is 1. The van der Waals surface area contributed by atoms with E-state index in [0.29, 0.717) is 24.6 Å². The fourth-order valence-corrected chi connectivity index (χ4v) is 7.58. The molecule has 1 aromatic carbocycles. The highest BCUT2D eigenvalue weighted by atomic mass is 16.5. The van der Waals surface area contributed by atoms with Crippen LogP contribution in [0.5, 0.6) is 5.75 Å². The molecule has 0 spiro atoms. The van der Waals surface area contributed by atoms with E-state index in [1.807, 2.05) is 19.0 Å². The fraction of sp³-hybridized carbons (Fsp3) is 0.621. The molecule has 5 N–H and O–H groups in total. The van der Waals surface area contributed by atoms with Gasteiger partial charge >= 0.3 is 0 Å². The second kappa shape index (κ2) is 10.6. The number of nitrogens with one attached hydrogen (secondary N) is 1. The van der Waals surface area contributed by atoms with Gasteiger partial charge in [-0.2, -0.15) is 0 Å². The van der Waals surface area contributed by atoms with E-state index in [4.69, 9.17) is 10.5 Å². The largest absolute Gasteiger partial charge is 0.507 e. The summed E-state index contributed by atoms with van der Waals surface area (Å²) in [6, 6.07) is 0.388. The molecule has 1 saturated heterocycles. The van der Waals surface area contributed by atoms with E-state index in [1.54, 1.807) is 14.1 Å². The van der Waals surface area contributed by atoms with Gasteiger partial charge in [0.25, 0.3) is 0 Å². The Bertz CT molecular complexity index is 1320. The number of hydrogen-bond acceptors (Lipinski definition) is 11. The highest BCUT2D eigenvalue weighted by Gasteiger charge is 2.69. The number of carbonyl (C=O) groups excluding carboxylic acids is 5. The van der Waals surface area contributed by atoms with Crippen LogP contribution < -0.4 is 16.0 Å². The topological polar surface area (TPSA) is 180 Å². The number of phenols is 1. The quantitative estimate of drug-likeness (QED) is 0.297. The zero-order valence-corrected chi connectivity index (χ0v) is 23.8. The van der Waals surface area contributed by atoms with Crippen molar-refractivity contribution >= 4 is 34.7 Å². The number of likely N-dealkylation sites (N-methyl/N-ethyl adjacent to an activating group) is 1. The number of aliphatic hydroxyl groups is 1. The summed E-state index contributed by atoms with van der Waals surface area (Å²) in [5.74, 6) is -10.1. The molecule has 1 aliphatic heterocycles. The summed E-state index contributed by atoms with van der Waals surface area (Å²) in [6.45, 7) is 2.61. The first-order valence-electron chi connectivity index (χ1n) is 14.0. The van der Waals surface area contributed by atoms with E-state index in [-0.39, 0.29) is 24.2 Å². The van der Waals surface area contributed by atoms with Crippen molar-refractivity contribution in [3.8, 4) is 5.75 Å². The SMILES string of the molecule is CN(C)c1c(CNCC2CCOC2)cc(O)c2c1C[C@H]1C[C@H]3[C@H](N(C)C)C(=O)C(C(N)=O)C(=O)[C@@]3(O)C(=O)C1C2=O. The lowest BCUT2D eigenvalue weighted by atomic mass is 9.52. The van der Waals surface area contributed by atoms with Crippen LogP contribution in [-0.4, -0.2) is 104 Å². The highest BCUT2D eigenvalue weighted by molar-refractivity contribution is 6.32. The van der Waals surface area contributed by atoms with Crippen molar-refractivity contribution in [2.75, 3.05) is 52.8 Å². The number of benzene rings is 1. The third-order valence-corrected chi connectivity index (χ3v) is 9.33. The number of nitrogens with zero attached hydrogens (tertiary/aromatic N) is 2. The van der Waals surface area contributed by atoms with E-state index in [2.05, 4.69) is 5.32 Å². The monoisotopic (exact) mass is 570 g/mol. The molecule has 3 unspecified atom stereocenters. The Labute approximate surface area is 238 Å². The second-order valence-corrected chi connectivity index (χ2v) is 12.3. The molecule has 12 nitrogen and oxygen atoms in total. The summed E-state index contributed by atoms with van der Waals surface area (Å²) in [5, 5.41) is 26.2. The number of nitrogens with two attached hydrogens (primary N) is 1. The van der Waals surface area contributed by atoms with Gasteiger partial charge < -0.3 is 30.9 Å². The molecule has 1 heterocycles. The Morgan fingerprint density at radius 1 is 1.17 bits per heavy atom. The minimum absolute atomic E-state index is 0.00626. The lowest BCUT2D eigenvalue weighted by Crippen LogP contribution is -2.74. The molecule has 2 saturated carbocycles. The van der Waals surface area contributed by atoms with Crippen LogP contribution in [0.1, 0.15) is 34.3 Å². The highest BCUT2D eigenvalue weighted by Crippen LogP contribution is 2.52. The van der Waals surface area contributed by atoms with Gasteiger partial charge in [-0.3, -0.25) is 28.9 Å². The molecular weight excluding hydrogens is 532 g/mol. The maximum Gasteiger partial charge on any atom is 0.235 e. The number of rotatable bonds is 7. The Balaban J connectivity index is 1.55. The fourth-order valence-electron chi connectivity index (χ4n) is 7.58. The van der Waals surface area contributed by atoms with E-state index in [1.165, 1.54) is 11.0 Å². The number of aromatic hydroxyl groups is 1. The number of phenolic OH excluding ortho intramolecular Hbond substituents is 1. The Hall–Kier alpha value is -3.19. The molecule has 0 bridgehead atoms. The summed E-state index contributed by atoms with van der Waals surface area (Å²) in [7, 11) is 6.81. The van der Waals surface area contributed by atoms with Crippen LogP contribution in [0.3, 0.4) is 0 Å². The number of Topliss-reactive ketones (excluding diaryl/α,β-unsaturated/α-hetero) is 4. The average molecular weight is 571 g/mol. The molecule has 0 aromatic heterocycles. The minimum Gasteiger partial charge on any atom is -0.507 e. The number of fused-ring (bicyclic) bond motifs is 3. The predicted octanol–water partition coefficient (Wildman–Crippen LogP) is -0.941. The van der Waals surface area contributed by atoms with Crippen LogP contribution in [0.4, 0.5) is 5.69 Å². The van der Waals surface area contributed by atoms with Crippen LogP contribution in [0.15, 0.2) is 6.07 Å². The van der Waals surface area contributed by atoms with E-state index < -0.39 is 64.4 Å². The maximum absolute atomic E-state index is 14.0. The van der Waals surface area contributed by atoms with Crippen molar-refractivity contribution in [3.05, 3.63) is 22.8 Å². The molecule has 3 fully saturated rings. The number of ether oxygens (including phenoxy) is 1. The van der Waals surface area contributed by atoms with Crippen molar-refractivity contribution in [2.45, 2.75) is 37.5 Å². The van der Waals surface area contributed by atoms with Gasteiger partial charge in [0.15, 0.2) is 34.7 Å².